The molecular formula is C12H16O4S. The Hall–Kier alpha value is -1.36. The Morgan fingerprint density at radius 3 is 2.41 bits per heavy atom. The molecule has 0 saturated heterocycles. The summed E-state index contributed by atoms with van der Waals surface area (Å²) in [5.74, 6) is -0.903. The standard InChI is InChI=1S/C12H16O4S/c1-12(2,8-11(13)14)9-5-4-6-10(7-9)17(3,15)16/h4-7H,8H2,1-3H3,(H,13,14). The van der Waals surface area contributed by atoms with Gasteiger partial charge in [-0.2, -0.15) is 0 Å². The largest absolute Gasteiger partial charge is 0.481 e. The smallest absolute Gasteiger partial charge is 0.304 e. The van der Waals surface area contributed by atoms with Crippen molar-refractivity contribution in [1.29, 1.82) is 0 Å². The second-order valence-corrected chi connectivity index (χ2v) is 6.77. The number of carboxylic acid groups (broad SMARTS) is 1. The van der Waals surface area contributed by atoms with Crippen LogP contribution in [-0.4, -0.2) is 25.7 Å². The first-order chi connectivity index (χ1) is 7.63. The van der Waals surface area contributed by atoms with E-state index in [9.17, 15) is 13.2 Å². The van der Waals surface area contributed by atoms with Crippen LogP contribution in [0.25, 0.3) is 0 Å². The average molecular weight is 256 g/mol. The van der Waals surface area contributed by atoms with E-state index in [4.69, 9.17) is 5.11 Å². The van der Waals surface area contributed by atoms with Crippen molar-refractivity contribution in [2.45, 2.75) is 30.6 Å². The molecule has 0 aliphatic rings. The second-order valence-electron chi connectivity index (χ2n) is 4.75. The van der Waals surface area contributed by atoms with Crippen LogP contribution in [0.2, 0.25) is 0 Å². The molecule has 0 fully saturated rings. The molecule has 0 spiro atoms. The van der Waals surface area contributed by atoms with Crippen LogP contribution >= 0.6 is 0 Å². The topological polar surface area (TPSA) is 71.4 Å². The molecule has 0 aliphatic heterocycles. The summed E-state index contributed by atoms with van der Waals surface area (Å²) in [6.07, 6.45) is 1.09. The van der Waals surface area contributed by atoms with E-state index in [2.05, 4.69) is 0 Å². The highest BCUT2D eigenvalue weighted by Crippen LogP contribution is 2.28. The zero-order chi connectivity index (χ0) is 13.3. The van der Waals surface area contributed by atoms with Crippen LogP contribution in [0.3, 0.4) is 0 Å². The van der Waals surface area contributed by atoms with Gasteiger partial charge < -0.3 is 5.11 Å². The van der Waals surface area contributed by atoms with Crippen molar-refractivity contribution in [3.8, 4) is 0 Å². The summed E-state index contributed by atoms with van der Waals surface area (Å²) in [5, 5.41) is 8.82. The van der Waals surface area contributed by atoms with Crippen molar-refractivity contribution in [3.05, 3.63) is 29.8 Å². The van der Waals surface area contributed by atoms with Crippen molar-refractivity contribution in [2.75, 3.05) is 6.26 Å². The van der Waals surface area contributed by atoms with Crippen LogP contribution < -0.4 is 0 Å². The number of carbonyl (C=O) groups is 1. The molecule has 0 atom stereocenters. The first-order valence-electron chi connectivity index (χ1n) is 5.15. The molecule has 4 nitrogen and oxygen atoms in total. The first-order valence-corrected chi connectivity index (χ1v) is 7.04. The highest BCUT2D eigenvalue weighted by molar-refractivity contribution is 7.90. The minimum Gasteiger partial charge on any atom is -0.481 e. The van der Waals surface area contributed by atoms with Gasteiger partial charge in [0.25, 0.3) is 0 Å². The third-order valence-corrected chi connectivity index (χ3v) is 3.75. The van der Waals surface area contributed by atoms with Crippen molar-refractivity contribution >= 4 is 15.8 Å². The van der Waals surface area contributed by atoms with E-state index in [0.29, 0.717) is 5.56 Å². The van der Waals surface area contributed by atoms with Crippen molar-refractivity contribution in [1.82, 2.24) is 0 Å². The summed E-state index contributed by atoms with van der Waals surface area (Å²) < 4.78 is 22.8. The molecule has 94 valence electrons. The van der Waals surface area contributed by atoms with Crippen molar-refractivity contribution in [2.24, 2.45) is 0 Å². The summed E-state index contributed by atoms with van der Waals surface area (Å²) in [7, 11) is -3.26. The Morgan fingerprint density at radius 1 is 1.35 bits per heavy atom. The quantitative estimate of drug-likeness (QED) is 0.892. The van der Waals surface area contributed by atoms with Crippen LogP contribution in [0.4, 0.5) is 0 Å². The van der Waals surface area contributed by atoms with E-state index in [-0.39, 0.29) is 11.3 Å². The molecule has 17 heavy (non-hydrogen) atoms. The lowest BCUT2D eigenvalue weighted by Gasteiger charge is -2.23. The summed E-state index contributed by atoms with van der Waals surface area (Å²) in [6.45, 7) is 3.56. The lowest BCUT2D eigenvalue weighted by Crippen LogP contribution is -2.21. The molecule has 0 saturated carbocycles. The minimum atomic E-state index is -3.26. The van der Waals surface area contributed by atoms with E-state index >= 15 is 0 Å². The van der Waals surface area contributed by atoms with Gasteiger partial charge in [0.2, 0.25) is 0 Å². The maximum Gasteiger partial charge on any atom is 0.304 e. The van der Waals surface area contributed by atoms with Gasteiger partial charge in [0, 0.05) is 11.7 Å². The van der Waals surface area contributed by atoms with Gasteiger partial charge in [-0.15, -0.1) is 0 Å². The maximum atomic E-state index is 11.4. The number of rotatable bonds is 4. The van der Waals surface area contributed by atoms with Crippen LogP contribution in [0.5, 0.6) is 0 Å². The Bertz CT molecular complexity index is 529. The molecule has 0 heterocycles. The van der Waals surface area contributed by atoms with Gasteiger partial charge in [0.15, 0.2) is 9.84 Å². The molecule has 1 rings (SSSR count). The zero-order valence-corrected chi connectivity index (χ0v) is 10.9. The highest BCUT2D eigenvalue weighted by atomic mass is 32.2. The van der Waals surface area contributed by atoms with E-state index in [0.717, 1.165) is 6.26 Å². The van der Waals surface area contributed by atoms with Gasteiger partial charge >= 0.3 is 5.97 Å². The molecule has 0 bridgehead atoms. The Kier molecular flexibility index (Phi) is 3.62. The molecule has 0 amide bonds. The summed E-state index contributed by atoms with van der Waals surface area (Å²) in [5.41, 5.74) is 0.120. The summed E-state index contributed by atoms with van der Waals surface area (Å²) in [6, 6.07) is 6.43. The van der Waals surface area contributed by atoms with E-state index in [1.54, 1.807) is 26.0 Å². The molecule has 1 aromatic rings. The van der Waals surface area contributed by atoms with Crippen LogP contribution in [0.1, 0.15) is 25.8 Å². The molecule has 5 heteroatoms. The molecular weight excluding hydrogens is 240 g/mol. The number of aliphatic carboxylic acids is 1. The number of sulfone groups is 1. The number of hydrogen-bond acceptors (Lipinski definition) is 3. The Morgan fingerprint density at radius 2 is 1.94 bits per heavy atom. The zero-order valence-electron chi connectivity index (χ0n) is 10.1. The van der Waals surface area contributed by atoms with Gasteiger partial charge in [-0.25, -0.2) is 8.42 Å². The van der Waals surface area contributed by atoms with E-state index in [1.807, 2.05) is 0 Å². The van der Waals surface area contributed by atoms with Crippen LogP contribution in [0, 0.1) is 0 Å². The van der Waals surface area contributed by atoms with E-state index in [1.165, 1.54) is 12.1 Å². The molecule has 0 aromatic heterocycles. The summed E-state index contributed by atoms with van der Waals surface area (Å²) >= 11 is 0. The molecule has 1 aromatic carbocycles. The third kappa shape index (κ3) is 3.56. The van der Waals surface area contributed by atoms with Gasteiger partial charge in [0.05, 0.1) is 11.3 Å². The fraction of sp³-hybridized carbons (Fsp3) is 0.417. The predicted molar refractivity (Wildman–Crippen MR) is 64.8 cm³/mol. The van der Waals surface area contributed by atoms with E-state index < -0.39 is 21.2 Å². The minimum absolute atomic E-state index is 0.0415. The van der Waals surface area contributed by atoms with Crippen molar-refractivity contribution < 1.29 is 18.3 Å². The highest BCUT2D eigenvalue weighted by Gasteiger charge is 2.25. The fourth-order valence-electron chi connectivity index (χ4n) is 1.63. The van der Waals surface area contributed by atoms with Gasteiger partial charge in [-0.3, -0.25) is 4.79 Å². The Labute approximate surface area is 101 Å². The first kappa shape index (κ1) is 13.7. The number of carboxylic acids is 1. The number of benzene rings is 1. The molecule has 0 aliphatic carbocycles. The predicted octanol–water partition coefficient (Wildman–Crippen LogP) is 1.84. The Balaban J connectivity index is 3.20. The maximum absolute atomic E-state index is 11.4. The number of hydrogen-bond donors (Lipinski definition) is 1. The van der Waals surface area contributed by atoms with Crippen LogP contribution in [0.15, 0.2) is 29.2 Å². The fourth-order valence-corrected chi connectivity index (χ4v) is 2.29. The van der Waals surface area contributed by atoms with Gasteiger partial charge in [-0.1, -0.05) is 26.0 Å². The SMILES string of the molecule is CC(C)(CC(=O)O)c1cccc(S(C)(=O)=O)c1. The average Bonchev–Trinajstić information content (AvgIpc) is 2.14. The lowest BCUT2D eigenvalue weighted by atomic mass is 9.82. The van der Waals surface area contributed by atoms with Gasteiger partial charge in [-0.05, 0) is 17.7 Å². The van der Waals surface area contributed by atoms with Gasteiger partial charge in [0.1, 0.15) is 0 Å². The lowest BCUT2D eigenvalue weighted by molar-refractivity contribution is -0.138. The third-order valence-electron chi connectivity index (χ3n) is 2.64. The normalized spacial score (nSPS) is 12.4. The molecule has 0 radical (unpaired) electrons. The summed E-state index contributed by atoms with van der Waals surface area (Å²) in [4.78, 5) is 11.0. The molecule has 1 N–H and O–H groups in total. The van der Waals surface area contributed by atoms with Crippen LogP contribution in [-0.2, 0) is 20.0 Å². The van der Waals surface area contributed by atoms with Crippen molar-refractivity contribution in [3.63, 3.8) is 0 Å². The monoisotopic (exact) mass is 256 g/mol. The molecule has 0 unspecified atom stereocenters. The second kappa shape index (κ2) is 4.49.